The van der Waals surface area contributed by atoms with Crippen LogP contribution in [0.2, 0.25) is 0 Å². The third kappa shape index (κ3) is 3.29. The molecule has 0 aliphatic carbocycles. The number of rotatable bonds is 5. The lowest BCUT2D eigenvalue weighted by molar-refractivity contribution is 0.0774. The summed E-state index contributed by atoms with van der Waals surface area (Å²) in [5, 5.41) is 9.92. The highest BCUT2D eigenvalue weighted by Crippen LogP contribution is 2.26. The van der Waals surface area contributed by atoms with Gasteiger partial charge in [0.05, 0.1) is 12.7 Å². The summed E-state index contributed by atoms with van der Waals surface area (Å²) in [4.78, 5) is 16.8. The number of carbonyl (C=O) groups is 1. The number of methoxy groups -OCH3 is 1. The number of aromatic hydroxyl groups is 1. The van der Waals surface area contributed by atoms with Gasteiger partial charge in [0.2, 0.25) is 0 Å². The summed E-state index contributed by atoms with van der Waals surface area (Å²) in [5.74, 6) is 0.462. The number of phenols is 1. The van der Waals surface area contributed by atoms with E-state index in [1.165, 1.54) is 6.07 Å². The van der Waals surface area contributed by atoms with Crippen LogP contribution >= 0.6 is 0 Å². The average molecular weight is 292 g/mol. The van der Waals surface area contributed by atoms with Crippen LogP contribution in [-0.2, 0) is 0 Å². The molecule has 1 saturated heterocycles. The van der Waals surface area contributed by atoms with Gasteiger partial charge in [0, 0.05) is 19.1 Å². The third-order valence-corrected chi connectivity index (χ3v) is 4.21. The van der Waals surface area contributed by atoms with Crippen molar-refractivity contribution >= 4 is 5.91 Å². The Morgan fingerprint density at radius 1 is 1.43 bits per heavy atom. The lowest BCUT2D eigenvalue weighted by atomic mass is 10.1. The molecule has 0 bridgehead atoms. The highest BCUT2D eigenvalue weighted by Gasteiger charge is 2.30. The van der Waals surface area contributed by atoms with Crippen LogP contribution < -0.4 is 4.74 Å². The van der Waals surface area contributed by atoms with Crippen molar-refractivity contribution in [1.29, 1.82) is 0 Å². The van der Waals surface area contributed by atoms with E-state index >= 15 is 0 Å². The molecule has 1 aromatic carbocycles. The molecule has 1 aliphatic heterocycles. The van der Waals surface area contributed by atoms with E-state index in [1.807, 2.05) is 4.90 Å². The summed E-state index contributed by atoms with van der Waals surface area (Å²) in [6.45, 7) is 7.72. The van der Waals surface area contributed by atoms with Crippen molar-refractivity contribution in [1.82, 2.24) is 9.80 Å². The number of carbonyl (C=O) groups excluding carboxylic acids is 1. The molecule has 1 unspecified atom stereocenters. The third-order valence-electron chi connectivity index (χ3n) is 4.21. The van der Waals surface area contributed by atoms with Gasteiger partial charge in [0.1, 0.15) is 11.5 Å². The van der Waals surface area contributed by atoms with Gasteiger partial charge in [-0.25, -0.2) is 0 Å². The topological polar surface area (TPSA) is 53.0 Å². The van der Waals surface area contributed by atoms with Crippen molar-refractivity contribution in [3.05, 3.63) is 23.8 Å². The maximum absolute atomic E-state index is 12.6. The number of hydrogen-bond acceptors (Lipinski definition) is 4. The molecular weight excluding hydrogens is 268 g/mol. The second kappa shape index (κ2) is 6.80. The fourth-order valence-corrected chi connectivity index (χ4v) is 2.95. The Labute approximate surface area is 126 Å². The lowest BCUT2D eigenvalue weighted by Gasteiger charge is -2.26. The molecule has 1 atom stereocenters. The predicted molar refractivity (Wildman–Crippen MR) is 81.9 cm³/mol. The minimum atomic E-state index is -0.124. The van der Waals surface area contributed by atoms with Crippen molar-refractivity contribution in [3.63, 3.8) is 0 Å². The Bertz CT molecular complexity index is 500. The zero-order valence-corrected chi connectivity index (χ0v) is 13.0. The number of likely N-dealkylation sites (tertiary alicyclic amines) is 1. The van der Waals surface area contributed by atoms with Crippen molar-refractivity contribution in [2.75, 3.05) is 33.3 Å². The van der Waals surface area contributed by atoms with Crippen molar-refractivity contribution < 1.29 is 14.6 Å². The van der Waals surface area contributed by atoms with E-state index in [-0.39, 0.29) is 11.7 Å². The van der Waals surface area contributed by atoms with Gasteiger partial charge >= 0.3 is 0 Å². The maximum Gasteiger partial charge on any atom is 0.257 e. The minimum Gasteiger partial charge on any atom is -0.507 e. The molecule has 1 amide bonds. The first-order valence-electron chi connectivity index (χ1n) is 7.51. The standard InChI is InChI=1S/C16H24N2O3/c1-4-17(5-2)12-8-9-18(11-12)16(20)14-10-13(21-3)6-7-15(14)19/h6-7,10,12,19H,4-5,8-9,11H2,1-3H3. The Hall–Kier alpha value is -1.75. The van der Waals surface area contributed by atoms with Gasteiger partial charge in [-0.05, 0) is 37.7 Å². The van der Waals surface area contributed by atoms with Gasteiger partial charge < -0.3 is 14.7 Å². The molecule has 0 spiro atoms. The number of nitrogens with zero attached hydrogens (tertiary/aromatic N) is 2. The first-order chi connectivity index (χ1) is 10.1. The second-order valence-corrected chi connectivity index (χ2v) is 5.30. The highest BCUT2D eigenvalue weighted by atomic mass is 16.5. The van der Waals surface area contributed by atoms with Gasteiger partial charge in [-0.15, -0.1) is 0 Å². The smallest absolute Gasteiger partial charge is 0.257 e. The SMILES string of the molecule is CCN(CC)C1CCN(C(=O)c2cc(OC)ccc2O)C1. The molecule has 1 fully saturated rings. The van der Waals surface area contributed by atoms with Crippen LogP contribution in [0, 0.1) is 0 Å². The summed E-state index contributed by atoms with van der Waals surface area (Å²) in [5.41, 5.74) is 0.314. The number of amides is 1. The first-order valence-corrected chi connectivity index (χ1v) is 7.51. The van der Waals surface area contributed by atoms with E-state index < -0.39 is 0 Å². The molecule has 1 N–H and O–H groups in total. The van der Waals surface area contributed by atoms with Gasteiger partial charge in [0.15, 0.2) is 0 Å². The maximum atomic E-state index is 12.6. The monoisotopic (exact) mass is 292 g/mol. The zero-order chi connectivity index (χ0) is 15.4. The van der Waals surface area contributed by atoms with Crippen LogP contribution in [0.25, 0.3) is 0 Å². The van der Waals surface area contributed by atoms with Crippen molar-refractivity contribution in [2.45, 2.75) is 26.3 Å². The zero-order valence-electron chi connectivity index (χ0n) is 13.0. The molecule has 2 rings (SSSR count). The van der Waals surface area contributed by atoms with Crippen LogP contribution in [0.4, 0.5) is 0 Å². The van der Waals surface area contributed by atoms with E-state index in [1.54, 1.807) is 19.2 Å². The Morgan fingerprint density at radius 3 is 2.76 bits per heavy atom. The molecule has 21 heavy (non-hydrogen) atoms. The number of benzene rings is 1. The summed E-state index contributed by atoms with van der Waals surface area (Å²) in [6, 6.07) is 5.16. The normalized spacial score (nSPS) is 18.3. The van der Waals surface area contributed by atoms with Crippen LogP contribution in [0.15, 0.2) is 18.2 Å². The molecule has 116 valence electrons. The van der Waals surface area contributed by atoms with E-state index in [0.717, 1.165) is 32.6 Å². The molecular formula is C16H24N2O3. The Kier molecular flexibility index (Phi) is 5.07. The van der Waals surface area contributed by atoms with Gasteiger partial charge in [0.25, 0.3) is 5.91 Å². The molecule has 0 radical (unpaired) electrons. The Morgan fingerprint density at radius 2 is 2.14 bits per heavy atom. The predicted octanol–water partition coefficient (Wildman–Crippen LogP) is 1.96. The molecule has 5 nitrogen and oxygen atoms in total. The van der Waals surface area contributed by atoms with E-state index in [9.17, 15) is 9.90 Å². The molecule has 5 heteroatoms. The summed E-state index contributed by atoms with van der Waals surface area (Å²) < 4.78 is 5.13. The Balaban J connectivity index is 2.11. The fraction of sp³-hybridized carbons (Fsp3) is 0.562. The number of ether oxygens (including phenoxy) is 1. The van der Waals surface area contributed by atoms with Gasteiger partial charge in [-0.2, -0.15) is 0 Å². The van der Waals surface area contributed by atoms with Crippen LogP contribution in [0.5, 0.6) is 11.5 Å². The average Bonchev–Trinajstić information content (AvgIpc) is 2.98. The molecule has 1 aromatic rings. The molecule has 0 saturated carbocycles. The fourth-order valence-electron chi connectivity index (χ4n) is 2.95. The quantitative estimate of drug-likeness (QED) is 0.901. The van der Waals surface area contributed by atoms with Crippen LogP contribution in [0.3, 0.4) is 0 Å². The second-order valence-electron chi connectivity index (χ2n) is 5.30. The number of phenolic OH excluding ortho intramolecular Hbond substituents is 1. The van der Waals surface area contributed by atoms with Gasteiger partial charge in [-0.3, -0.25) is 9.69 Å². The summed E-state index contributed by atoms with van der Waals surface area (Å²) in [6.07, 6.45) is 0.984. The lowest BCUT2D eigenvalue weighted by Crippen LogP contribution is -2.38. The highest BCUT2D eigenvalue weighted by molar-refractivity contribution is 5.97. The van der Waals surface area contributed by atoms with E-state index in [2.05, 4.69) is 18.7 Å². The molecule has 1 aliphatic rings. The van der Waals surface area contributed by atoms with E-state index in [0.29, 0.717) is 17.4 Å². The first kappa shape index (κ1) is 15.6. The number of hydrogen-bond donors (Lipinski definition) is 1. The van der Waals surface area contributed by atoms with Gasteiger partial charge in [-0.1, -0.05) is 13.8 Å². The van der Waals surface area contributed by atoms with Crippen molar-refractivity contribution in [3.8, 4) is 11.5 Å². The summed E-state index contributed by atoms with van der Waals surface area (Å²) in [7, 11) is 1.55. The molecule has 0 aromatic heterocycles. The number of likely N-dealkylation sites (N-methyl/N-ethyl adjacent to an activating group) is 1. The van der Waals surface area contributed by atoms with Crippen LogP contribution in [0.1, 0.15) is 30.6 Å². The summed E-state index contributed by atoms with van der Waals surface area (Å²) >= 11 is 0. The minimum absolute atomic E-state index is 0.00656. The molecule has 1 heterocycles. The van der Waals surface area contributed by atoms with Crippen LogP contribution in [-0.4, -0.2) is 60.1 Å². The van der Waals surface area contributed by atoms with E-state index in [4.69, 9.17) is 4.74 Å². The largest absolute Gasteiger partial charge is 0.507 e. The van der Waals surface area contributed by atoms with Crippen molar-refractivity contribution in [2.24, 2.45) is 0 Å².